The lowest BCUT2D eigenvalue weighted by molar-refractivity contribution is 0.0690. The number of rotatable bonds is 2. The van der Waals surface area contributed by atoms with Crippen LogP contribution >= 0.6 is 0 Å². The highest BCUT2D eigenvalue weighted by molar-refractivity contribution is 5.98. The molecule has 0 radical (unpaired) electrons. The van der Waals surface area contributed by atoms with E-state index in [0.717, 1.165) is 22.0 Å². The number of carboxylic acid groups (broad SMARTS) is 1. The molecule has 5 heteroatoms. The number of carboxylic acids is 1. The van der Waals surface area contributed by atoms with Gasteiger partial charge in [0.1, 0.15) is 0 Å². The second kappa shape index (κ2) is 4.66. The number of hydrogen-bond donors (Lipinski definition) is 1. The Bertz CT molecular complexity index is 1010. The molecule has 0 unspecified atom stereocenters. The molecule has 2 heterocycles. The molecule has 1 N–H and O–H groups in total. The Hall–Kier alpha value is -3.21. The van der Waals surface area contributed by atoms with Gasteiger partial charge < -0.3 is 5.11 Å². The molecule has 2 aromatic carbocycles. The molecule has 5 nitrogen and oxygen atoms in total. The second-order valence-electron chi connectivity index (χ2n) is 4.95. The van der Waals surface area contributed by atoms with Gasteiger partial charge in [0, 0.05) is 10.9 Å². The van der Waals surface area contributed by atoms with Gasteiger partial charge in [0.2, 0.25) is 0 Å². The molecule has 0 aliphatic heterocycles. The minimum absolute atomic E-state index is 0.00957. The van der Waals surface area contributed by atoms with Crippen LogP contribution in [-0.2, 0) is 0 Å². The molecule has 0 amide bonds. The lowest BCUT2D eigenvalue weighted by Crippen LogP contribution is -2.01. The number of benzene rings is 2. The Morgan fingerprint density at radius 2 is 1.73 bits per heavy atom. The van der Waals surface area contributed by atoms with Crippen molar-refractivity contribution in [2.24, 2.45) is 0 Å². The van der Waals surface area contributed by atoms with Gasteiger partial charge in [-0.2, -0.15) is 5.10 Å². The van der Waals surface area contributed by atoms with Crippen LogP contribution in [0.2, 0.25) is 0 Å². The predicted molar refractivity (Wildman–Crippen MR) is 82.9 cm³/mol. The highest BCUT2D eigenvalue weighted by Crippen LogP contribution is 2.25. The molecule has 0 spiro atoms. The van der Waals surface area contributed by atoms with Crippen molar-refractivity contribution in [1.82, 2.24) is 14.6 Å². The van der Waals surface area contributed by atoms with Crippen molar-refractivity contribution in [1.29, 1.82) is 0 Å². The van der Waals surface area contributed by atoms with Crippen LogP contribution in [0.4, 0.5) is 0 Å². The van der Waals surface area contributed by atoms with Crippen LogP contribution in [0.25, 0.3) is 27.8 Å². The Balaban J connectivity index is 2.16. The smallest absolute Gasteiger partial charge is 0.356 e. The van der Waals surface area contributed by atoms with Crippen molar-refractivity contribution in [2.75, 3.05) is 0 Å². The summed E-state index contributed by atoms with van der Waals surface area (Å²) in [5.41, 5.74) is 2.45. The fraction of sp³-hybridized carbons (Fsp3) is 0. The molecular weight excluding hydrogens is 278 g/mol. The molecule has 4 rings (SSSR count). The van der Waals surface area contributed by atoms with E-state index < -0.39 is 5.97 Å². The zero-order valence-electron chi connectivity index (χ0n) is 11.5. The standard InChI is InChI=1S/C17H11N3O2/c21-17(22)14-10-15-12-8-4-5-9-13(12)18-16(20(15)19-14)11-6-2-1-3-7-11/h1-10H,(H,21,22). The van der Waals surface area contributed by atoms with Crippen LogP contribution in [0, 0.1) is 0 Å². The van der Waals surface area contributed by atoms with Crippen molar-refractivity contribution in [2.45, 2.75) is 0 Å². The Labute approximate surface area is 125 Å². The average molecular weight is 289 g/mol. The molecule has 0 fully saturated rings. The average Bonchev–Trinajstić information content (AvgIpc) is 3.01. The van der Waals surface area contributed by atoms with E-state index >= 15 is 0 Å². The summed E-state index contributed by atoms with van der Waals surface area (Å²) in [6.45, 7) is 0. The fourth-order valence-corrected chi connectivity index (χ4v) is 2.56. The summed E-state index contributed by atoms with van der Waals surface area (Å²) < 4.78 is 1.60. The van der Waals surface area contributed by atoms with E-state index in [2.05, 4.69) is 10.1 Å². The summed E-state index contributed by atoms with van der Waals surface area (Å²) in [6.07, 6.45) is 0. The van der Waals surface area contributed by atoms with E-state index in [9.17, 15) is 9.90 Å². The van der Waals surface area contributed by atoms with Gasteiger partial charge >= 0.3 is 5.97 Å². The zero-order valence-corrected chi connectivity index (χ0v) is 11.5. The second-order valence-corrected chi connectivity index (χ2v) is 4.95. The number of aromatic carboxylic acids is 1. The first-order valence-electron chi connectivity index (χ1n) is 6.81. The Morgan fingerprint density at radius 1 is 1.00 bits per heavy atom. The molecule has 0 atom stereocenters. The minimum atomic E-state index is -1.05. The number of carbonyl (C=O) groups is 1. The number of nitrogens with zero attached hydrogens (tertiary/aromatic N) is 3. The maximum atomic E-state index is 11.3. The third-order valence-corrected chi connectivity index (χ3v) is 3.57. The normalized spacial score (nSPS) is 11.1. The fourth-order valence-electron chi connectivity index (χ4n) is 2.56. The van der Waals surface area contributed by atoms with Crippen LogP contribution < -0.4 is 0 Å². The van der Waals surface area contributed by atoms with E-state index in [1.54, 1.807) is 10.6 Å². The monoisotopic (exact) mass is 289 g/mol. The van der Waals surface area contributed by atoms with Crippen molar-refractivity contribution >= 4 is 22.4 Å². The maximum Gasteiger partial charge on any atom is 0.356 e. The van der Waals surface area contributed by atoms with Crippen LogP contribution in [0.5, 0.6) is 0 Å². The first kappa shape index (κ1) is 12.5. The van der Waals surface area contributed by atoms with Crippen molar-refractivity contribution in [3.8, 4) is 11.4 Å². The highest BCUT2D eigenvalue weighted by atomic mass is 16.4. The Morgan fingerprint density at radius 3 is 2.50 bits per heavy atom. The summed E-state index contributed by atoms with van der Waals surface area (Å²) in [6, 6.07) is 18.8. The highest BCUT2D eigenvalue weighted by Gasteiger charge is 2.15. The van der Waals surface area contributed by atoms with Gasteiger partial charge in [0.05, 0.1) is 11.0 Å². The van der Waals surface area contributed by atoms with Gasteiger partial charge in [0.25, 0.3) is 0 Å². The molecule has 106 valence electrons. The molecule has 0 saturated carbocycles. The number of aromatic nitrogens is 3. The summed E-state index contributed by atoms with van der Waals surface area (Å²) in [4.78, 5) is 15.9. The third-order valence-electron chi connectivity index (χ3n) is 3.57. The number of para-hydroxylation sites is 1. The van der Waals surface area contributed by atoms with E-state index in [1.807, 2.05) is 54.6 Å². The van der Waals surface area contributed by atoms with Gasteiger partial charge in [0.15, 0.2) is 11.5 Å². The predicted octanol–water partition coefficient (Wildman–Crippen LogP) is 3.25. The molecule has 0 aliphatic carbocycles. The van der Waals surface area contributed by atoms with Crippen molar-refractivity contribution in [3.05, 3.63) is 66.4 Å². The van der Waals surface area contributed by atoms with Crippen LogP contribution in [0.3, 0.4) is 0 Å². The van der Waals surface area contributed by atoms with Gasteiger partial charge in [-0.3, -0.25) is 0 Å². The van der Waals surface area contributed by atoms with Crippen molar-refractivity contribution in [3.63, 3.8) is 0 Å². The molecule has 0 aliphatic rings. The maximum absolute atomic E-state index is 11.3. The lowest BCUT2D eigenvalue weighted by atomic mass is 10.1. The van der Waals surface area contributed by atoms with E-state index in [0.29, 0.717) is 5.82 Å². The molecule has 0 bridgehead atoms. The largest absolute Gasteiger partial charge is 0.476 e. The van der Waals surface area contributed by atoms with E-state index in [4.69, 9.17) is 0 Å². The quantitative estimate of drug-likeness (QED) is 0.615. The third kappa shape index (κ3) is 1.83. The topological polar surface area (TPSA) is 67.5 Å². The molecular formula is C17H11N3O2. The number of fused-ring (bicyclic) bond motifs is 3. The van der Waals surface area contributed by atoms with Crippen molar-refractivity contribution < 1.29 is 9.90 Å². The molecule has 4 aromatic rings. The first-order valence-corrected chi connectivity index (χ1v) is 6.81. The van der Waals surface area contributed by atoms with Crippen LogP contribution in [-0.4, -0.2) is 25.7 Å². The van der Waals surface area contributed by atoms with Gasteiger partial charge in [-0.05, 0) is 12.1 Å². The first-order chi connectivity index (χ1) is 10.7. The van der Waals surface area contributed by atoms with Gasteiger partial charge in [-0.25, -0.2) is 14.3 Å². The van der Waals surface area contributed by atoms with Crippen LogP contribution in [0.15, 0.2) is 60.7 Å². The lowest BCUT2D eigenvalue weighted by Gasteiger charge is -2.07. The SMILES string of the molecule is O=C(O)c1cc2c3ccccc3nc(-c3ccccc3)n2n1. The molecule has 0 saturated heterocycles. The number of hydrogen-bond acceptors (Lipinski definition) is 3. The summed E-state index contributed by atoms with van der Waals surface area (Å²) in [5.74, 6) is -0.423. The van der Waals surface area contributed by atoms with E-state index in [-0.39, 0.29) is 5.69 Å². The summed E-state index contributed by atoms with van der Waals surface area (Å²) in [7, 11) is 0. The Kier molecular flexibility index (Phi) is 2.66. The summed E-state index contributed by atoms with van der Waals surface area (Å²) >= 11 is 0. The van der Waals surface area contributed by atoms with Crippen LogP contribution in [0.1, 0.15) is 10.5 Å². The summed E-state index contributed by atoms with van der Waals surface area (Å²) in [5, 5.41) is 14.3. The minimum Gasteiger partial charge on any atom is -0.476 e. The van der Waals surface area contributed by atoms with Gasteiger partial charge in [-0.15, -0.1) is 0 Å². The molecule has 22 heavy (non-hydrogen) atoms. The van der Waals surface area contributed by atoms with Gasteiger partial charge in [-0.1, -0.05) is 48.5 Å². The van der Waals surface area contributed by atoms with E-state index in [1.165, 1.54) is 0 Å². The molecule has 2 aromatic heterocycles. The zero-order chi connectivity index (χ0) is 15.1.